The molecule has 0 bridgehead atoms. The Morgan fingerprint density at radius 3 is 2.80 bits per heavy atom. The zero-order valence-corrected chi connectivity index (χ0v) is 8.99. The van der Waals surface area contributed by atoms with Crippen molar-refractivity contribution in [1.29, 1.82) is 0 Å². The zero-order valence-electron chi connectivity index (χ0n) is 8.17. The minimum atomic E-state index is -4.53. The molecule has 0 spiro atoms. The van der Waals surface area contributed by atoms with E-state index in [0.29, 0.717) is 0 Å². The molecule has 15 heavy (non-hydrogen) atoms. The van der Waals surface area contributed by atoms with Gasteiger partial charge in [-0.3, -0.25) is 4.74 Å². The Morgan fingerprint density at radius 1 is 1.53 bits per heavy atom. The number of ether oxygens (including phenoxy) is 1. The van der Waals surface area contributed by atoms with Crippen molar-refractivity contribution in [3.8, 4) is 0 Å². The largest absolute Gasteiger partial charge is 0.522 e. The lowest BCUT2D eigenvalue weighted by Gasteiger charge is -2.13. The molecule has 86 valence electrons. The van der Waals surface area contributed by atoms with E-state index in [9.17, 15) is 13.2 Å². The van der Waals surface area contributed by atoms with Gasteiger partial charge in [0.1, 0.15) is 0 Å². The second-order valence-electron chi connectivity index (χ2n) is 3.03. The van der Waals surface area contributed by atoms with E-state index >= 15 is 0 Å². The Morgan fingerprint density at radius 2 is 2.27 bits per heavy atom. The molecule has 0 aliphatic carbocycles. The first-order valence-electron chi connectivity index (χ1n) is 4.45. The number of thiophene rings is 1. The fourth-order valence-electron chi connectivity index (χ4n) is 1.08. The number of halogens is 3. The molecule has 1 rings (SSSR count). The van der Waals surface area contributed by atoms with E-state index in [4.69, 9.17) is 0 Å². The number of hydrogen-bond donors (Lipinski definition) is 1. The van der Waals surface area contributed by atoms with Crippen molar-refractivity contribution in [2.24, 2.45) is 0 Å². The summed E-state index contributed by atoms with van der Waals surface area (Å²) in [5, 5.41) is 6.83. The van der Waals surface area contributed by atoms with Crippen LogP contribution in [0.3, 0.4) is 0 Å². The van der Waals surface area contributed by atoms with Gasteiger partial charge in [0.15, 0.2) is 0 Å². The number of nitrogens with one attached hydrogen (secondary N) is 1. The molecule has 0 amide bonds. The van der Waals surface area contributed by atoms with Crippen LogP contribution in [-0.4, -0.2) is 19.5 Å². The summed E-state index contributed by atoms with van der Waals surface area (Å²) in [6, 6.07) is 1.99. The highest BCUT2D eigenvalue weighted by atomic mass is 32.1. The molecule has 1 aromatic rings. The van der Waals surface area contributed by atoms with Gasteiger partial charge < -0.3 is 5.32 Å². The quantitative estimate of drug-likeness (QED) is 0.798. The highest BCUT2D eigenvalue weighted by Gasteiger charge is 2.28. The van der Waals surface area contributed by atoms with Crippen molar-refractivity contribution in [3.63, 3.8) is 0 Å². The van der Waals surface area contributed by atoms with Crippen LogP contribution in [0.1, 0.15) is 18.5 Å². The molecule has 1 atom stereocenters. The normalized spacial score (nSPS) is 14.1. The summed E-state index contributed by atoms with van der Waals surface area (Å²) in [6.07, 6.45) is -4.53. The van der Waals surface area contributed by atoms with E-state index in [1.54, 1.807) is 11.3 Å². The van der Waals surface area contributed by atoms with Crippen molar-refractivity contribution in [2.45, 2.75) is 19.3 Å². The standard InChI is InChI=1S/C9H12F3NOS/c1-7(8-2-5-15-6-8)13-3-4-14-9(10,11)12/h2,5-7,13H,3-4H2,1H3. The zero-order chi connectivity index (χ0) is 11.3. The Labute approximate surface area is 90.1 Å². The molecule has 1 unspecified atom stereocenters. The molecular weight excluding hydrogens is 227 g/mol. The third kappa shape index (κ3) is 5.15. The summed E-state index contributed by atoms with van der Waals surface area (Å²) < 4.78 is 38.5. The molecule has 0 aliphatic heterocycles. The van der Waals surface area contributed by atoms with Crippen LogP contribution in [0.4, 0.5) is 13.2 Å². The number of hydrogen-bond acceptors (Lipinski definition) is 3. The SMILES string of the molecule is CC(NCCOC(F)(F)F)c1ccsc1. The Bertz CT molecular complexity index is 273. The van der Waals surface area contributed by atoms with Crippen molar-refractivity contribution in [3.05, 3.63) is 22.4 Å². The molecule has 0 radical (unpaired) electrons. The van der Waals surface area contributed by atoms with Crippen LogP contribution >= 0.6 is 11.3 Å². The lowest BCUT2D eigenvalue weighted by molar-refractivity contribution is -0.323. The molecule has 6 heteroatoms. The third-order valence-corrected chi connectivity index (χ3v) is 2.56. The molecule has 0 fully saturated rings. The second kappa shape index (κ2) is 5.48. The van der Waals surface area contributed by atoms with Crippen LogP contribution < -0.4 is 5.32 Å². The molecule has 2 nitrogen and oxygen atoms in total. The Balaban J connectivity index is 2.16. The summed E-state index contributed by atoms with van der Waals surface area (Å²) in [6.45, 7) is 1.71. The minimum absolute atomic E-state index is 0.0492. The molecule has 1 N–H and O–H groups in total. The predicted octanol–water partition coefficient (Wildman–Crippen LogP) is 2.94. The summed E-state index contributed by atoms with van der Waals surface area (Å²) in [7, 11) is 0. The van der Waals surface area contributed by atoms with Crippen LogP contribution in [0.15, 0.2) is 16.8 Å². The van der Waals surface area contributed by atoms with Crippen molar-refractivity contribution >= 4 is 11.3 Å². The topological polar surface area (TPSA) is 21.3 Å². The van der Waals surface area contributed by atoms with Gasteiger partial charge in [-0.2, -0.15) is 11.3 Å². The minimum Gasteiger partial charge on any atom is -0.308 e. The molecular formula is C9H12F3NOS. The second-order valence-corrected chi connectivity index (χ2v) is 3.81. The van der Waals surface area contributed by atoms with E-state index in [1.807, 2.05) is 23.8 Å². The average Bonchev–Trinajstić information content (AvgIpc) is 2.63. The summed E-state index contributed by atoms with van der Waals surface area (Å²) in [5.41, 5.74) is 1.08. The first-order chi connectivity index (χ1) is 6.99. The Hall–Kier alpha value is -0.590. The van der Waals surface area contributed by atoms with Crippen molar-refractivity contribution in [2.75, 3.05) is 13.2 Å². The van der Waals surface area contributed by atoms with Gasteiger partial charge in [-0.05, 0) is 29.3 Å². The lowest BCUT2D eigenvalue weighted by atomic mass is 10.2. The molecule has 1 aromatic heterocycles. The van der Waals surface area contributed by atoms with Crippen LogP contribution in [0.2, 0.25) is 0 Å². The highest BCUT2D eigenvalue weighted by molar-refractivity contribution is 7.07. The average molecular weight is 239 g/mol. The first kappa shape index (κ1) is 12.5. The number of alkyl halides is 3. The molecule has 0 aliphatic rings. The van der Waals surface area contributed by atoms with Gasteiger partial charge in [0, 0.05) is 12.6 Å². The molecule has 0 saturated carbocycles. The van der Waals surface area contributed by atoms with Gasteiger partial charge in [0.2, 0.25) is 0 Å². The maximum Gasteiger partial charge on any atom is 0.522 e. The van der Waals surface area contributed by atoms with Crippen LogP contribution in [0.25, 0.3) is 0 Å². The molecule has 1 heterocycles. The van der Waals surface area contributed by atoms with Gasteiger partial charge in [0.25, 0.3) is 0 Å². The van der Waals surface area contributed by atoms with Crippen molar-refractivity contribution < 1.29 is 17.9 Å². The first-order valence-corrected chi connectivity index (χ1v) is 5.39. The lowest BCUT2D eigenvalue weighted by Crippen LogP contribution is -2.26. The van der Waals surface area contributed by atoms with E-state index in [-0.39, 0.29) is 19.2 Å². The fraction of sp³-hybridized carbons (Fsp3) is 0.556. The fourth-order valence-corrected chi connectivity index (χ4v) is 1.84. The van der Waals surface area contributed by atoms with Crippen LogP contribution in [0.5, 0.6) is 0 Å². The predicted molar refractivity (Wildman–Crippen MR) is 52.7 cm³/mol. The van der Waals surface area contributed by atoms with E-state index in [1.165, 1.54) is 0 Å². The molecule has 0 aromatic carbocycles. The van der Waals surface area contributed by atoms with Gasteiger partial charge in [-0.1, -0.05) is 0 Å². The highest BCUT2D eigenvalue weighted by Crippen LogP contribution is 2.17. The maximum atomic E-state index is 11.6. The summed E-state index contributed by atoms with van der Waals surface area (Å²) in [4.78, 5) is 0. The monoisotopic (exact) mass is 239 g/mol. The summed E-state index contributed by atoms with van der Waals surface area (Å²) in [5.74, 6) is 0. The van der Waals surface area contributed by atoms with Gasteiger partial charge in [-0.25, -0.2) is 0 Å². The van der Waals surface area contributed by atoms with Gasteiger partial charge in [0.05, 0.1) is 6.61 Å². The van der Waals surface area contributed by atoms with Gasteiger partial charge >= 0.3 is 6.36 Å². The van der Waals surface area contributed by atoms with Crippen LogP contribution in [0, 0.1) is 0 Å². The Kier molecular flexibility index (Phi) is 4.56. The van der Waals surface area contributed by atoms with Crippen molar-refractivity contribution in [1.82, 2.24) is 5.32 Å². The van der Waals surface area contributed by atoms with E-state index in [0.717, 1.165) is 5.56 Å². The summed E-state index contributed by atoms with van der Waals surface area (Å²) >= 11 is 1.56. The maximum absolute atomic E-state index is 11.6. The number of rotatable bonds is 5. The van der Waals surface area contributed by atoms with E-state index < -0.39 is 6.36 Å². The smallest absolute Gasteiger partial charge is 0.308 e. The molecule has 0 saturated heterocycles. The van der Waals surface area contributed by atoms with Crippen LogP contribution in [-0.2, 0) is 4.74 Å². The van der Waals surface area contributed by atoms with Gasteiger partial charge in [-0.15, -0.1) is 13.2 Å². The van der Waals surface area contributed by atoms with E-state index in [2.05, 4.69) is 10.1 Å². The third-order valence-electron chi connectivity index (χ3n) is 1.86.